The van der Waals surface area contributed by atoms with Crippen molar-refractivity contribution < 1.29 is 14.3 Å². The summed E-state index contributed by atoms with van der Waals surface area (Å²) >= 11 is 7.56. The second kappa shape index (κ2) is 9.15. The minimum Gasteiger partial charge on any atom is -0.493 e. The first kappa shape index (κ1) is 21.0. The molecule has 0 aliphatic carbocycles. The summed E-state index contributed by atoms with van der Waals surface area (Å²) in [4.78, 5) is 19.1. The van der Waals surface area contributed by atoms with Crippen LogP contribution in [0, 0.1) is 0 Å². The van der Waals surface area contributed by atoms with E-state index in [1.807, 2.05) is 48.6 Å². The van der Waals surface area contributed by atoms with Crippen molar-refractivity contribution >= 4 is 40.2 Å². The molecule has 2 aromatic carbocycles. The number of carbonyl (C=O) groups is 1. The smallest absolute Gasteiger partial charge is 0.230 e. The normalized spacial score (nSPS) is 10.5. The van der Waals surface area contributed by atoms with Gasteiger partial charge in [-0.15, -0.1) is 11.3 Å². The van der Waals surface area contributed by atoms with Gasteiger partial charge in [-0.2, -0.15) is 0 Å². The van der Waals surface area contributed by atoms with E-state index in [4.69, 9.17) is 21.1 Å². The molecule has 0 saturated heterocycles. The van der Waals surface area contributed by atoms with E-state index in [-0.39, 0.29) is 12.3 Å². The van der Waals surface area contributed by atoms with Crippen molar-refractivity contribution in [3.05, 3.63) is 52.5 Å². The summed E-state index contributed by atoms with van der Waals surface area (Å²) in [7, 11) is 7.01. The Kier molecular flexibility index (Phi) is 6.61. The molecule has 1 aromatic heterocycles. The van der Waals surface area contributed by atoms with Gasteiger partial charge in [-0.05, 0) is 36.4 Å². The number of rotatable bonds is 7. The van der Waals surface area contributed by atoms with Gasteiger partial charge in [0, 0.05) is 30.1 Å². The Morgan fingerprint density at radius 2 is 1.90 bits per heavy atom. The Bertz CT molecular complexity index is 1020. The first-order valence-corrected chi connectivity index (χ1v) is 10.1. The van der Waals surface area contributed by atoms with Crippen LogP contribution >= 0.6 is 22.9 Å². The minimum atomic E-state index is -0.153. The van der Waals surface area contributed by atoms with E-state index < -0.39 is 0 Å². The molecule has 152 valence electrons. The molecule has 0 fully saturated rings. The summed E-state index contributed by atoms with van der Waals surface area (Å²) in [5.74, 6) is 1.14. The third-order valence-electron chi connectivity index (χ3n) is 4.24. The van der Waals surface area contributed by atoms with Crippen molar-refractivity contribution in [2.45, 2.75) is 6.42 Å². The molecule has 0 saturated carbocycles. The Labute approximate surface area is 179 Å². The molecule has 1 heterocycles. The monoisotopic (exact) mass is 431 g/mol. The predicted molar refractivity (Wildman–Crippen MR) is 119 cm³/mol. The topological polar surface area (TPSA) is 63.7 Å². The van der Waals surface area contributed by atoms with Crippen molar-refractivity contribution in [3.8, 4) is 22.1 Å². The molecular formula is C21H22ClN3O3S. The van der Waals surface area contributed by atoms with Crippen molar-refractivity contribution in [1.29, 1.82) is 0 Å². The molecule has 3 aromatic rings. The third-order valence-corrected chi connectivity index (χ3v) is 5.41. The zero-order valence-electron chi connectivity index (χ0n) is 16.7. The van der Waals surface area contributed by atoms with Gasteiger partial charge in [-0.25, -0.2) is 4.98 Å². The molecule has 0 unspecified atom stereocenters. The predicted octanol–water partition coefficient (Wildman–Crippen LogP) is 4.73. The van der Waals surface area contributed by atoms with Crippen molar-refractivity contribution in [2.24, 2.45) is 0 Å². The van der Waals surface area contributed by atoms with Crippen LogP contribution in [0.1, 0.15) is 5.69 Å². The molecule has 29 heavy (non-hydrogen) atoms. The van der Waals surface area contributed by atoms with E-state index in [0.717, 1.165) is 16.3 Å². The second-order valence-corrected chi connectivity index (χ2v) is 7.79. The molecule has 0 bridgehead atoms. The fourth-order valence-corrected chi connectivity index (χ4v) is 3.84. The molecule has 3 rings (SSSR count). The highest BCUT2D eigenvalue weighted by molar-refractivity contribution is 7.13. The summed E-state index contributed by atoms with van der Waals surface area (Å²) in [5, 5.41) is 6.19. The lowest BCUT2D eigenvalue weighted by Gasteiger charge is -2.18. The molecule has 0 atom stereocenters. The van der Waals surface area contributed by atoms with Crippen LogP contribution in [0.25, 0.3) is 10.6 Å². The van der Waals surface area contributed by atoms with Gasteiger partial charge in [0.1, 0.15) is 5.01 Å². The summed E-state index contributed by atoms with van der Waals surface area (Å²) in [6.45, 7) is 0. The van der Waals surface area contributed by atoms with E-state index in [9.17, 15) is 4.79 Å². The summed E-state index contributed by atoms with van der Waals surface area (Å²) in [6.07, 6.45) is 0.170. The lowest BCUT2D eigenvalue weighted by Crippen LogP contribution is -2.18. The van der Waals surface area contributed by atoms with Crippen LogP contribution in [-0.4, -0.2) is 39.2 Å². The van der Waals surface area contributed by atoms with Gasteiger partial charge in [0.2, 0.25) is 5.91 Å². The highest BCUT2D eigenvalue weighted by Crippen LogP contribution is 2.34. The number of methoxy groups -OCH3 is 2. The van der Waals surface area contributed by atoms with Crippen molar-refractivity contribution in [3.63, 3.8) is 0 Å². The summed E-state index contributed by atoms with van der Waals surface area (Å²) in [5.41, 5.74) is 3.16. The number of thiazole rings is 1. The fourth-order valence-electron chi connectivity index (χ4n) is 2.85. The lowest BCUT2D eigenvalue weighted by molar-refractivity contribution is -0.115. The van der Waals surface area contributed by atoms with Gasteiger partial charge < -0.3 is 19.7 Å². The Balaban J connectivity index is 1.74. The number of benzene rings is 2. The van der Waals surface area contributed by atoms with E-state index >= 15 is 0 Å². The van der Waals surface area contributed by atoms with E-state index in [1.165, 1.54) is 11.3 Å². The molecule has 6 nitrogen and oxygen atoms in total. The number of nitrogens with zero attached hydrogens (tertiary/aromatic N) is 2. The maximum Gasteiger partial charge on any atom is 0.230 e. The zero-order valence-corrected chi connectivity index (χ0v) is 18.2. The quantitative estimate of drug-likeness (QED) is 0.586. The average Bonchev–Trinajstić information content (AvgIpc) is 3.15. The highest BCUT2D eigenvalue weighted by atomic mass is 35.5. The lowest BCUT2D eigenvalue weighted by atomic mass is 10.2. The number of anilines is 2. The van der Waals surface area contributed by atoms with Crippen LogP contribution < -0.4 is 19.7 Å². The maximum atomic E-state index is 12.6. The molecule has 1 amide bonds. The molecule has 0 radical (unpaired) electrons. The van der Waals surface area contributed by atoms with Gasteiger partial charge in [-0.1, -0.05) is 11.6 Å². The van der Waals surface area contributed by atoms with E-state index in [2.05, 4.69) is 10.3 Å². The van der Waals surface area contributed by atoms with Gasteiger partial charge >= 0.3 is 0 Å². The average molecular weight is 432 g/mol. The minimum absolute atomic E-state index is 0.153. The summed E-state index contributed by atoms with van der Waals surface area (Å²) < 4.78 is 10.6. The van der Waals surface area contributed by atoms with Crippen LogP contribution in [0.4, 0.5) is 11.4 Å². The van der Waals surface area contributed by atoms with Gasteiger partial charge in [0.05, 0.1) is 37.7 Å². The molecule has 1 N–H and O–H groups in total. The van der Waals surface area contributed by atoms with Gasteiger partial charge in [0.25, 0.3) is 0 Å². The second-order valence-electron chi connectivity index (χ2n) is 6.49. The zero-order chi connectivity index (χ0) is 21.0. The Morgan fingerprint density at radius 3 is 2.59 bits per heavy atom. The number of ether oxygens (including phenoxy) is 2. The highest BCUT2D eigenvalue weighted by Gasteiger charge is 2.14. The van der Waals surface area contributed by atoms with Gasteiger partial charge in [0.15, 0.2) is 11.5 Å². The molecule has 0 aliphatic heterocycles. The number of hydrogen-bond donors (Lipinski definition) is 1. The maximum absolute atomic E-state index is 12.6. The number of halogens is 1. The Morgan fingerprint density at radius 1 is 1.14 bits per heavy atom. The molecule has 0 aliphatic rings. The molecule has 0 spiro atoms. The first-order valence-electron chi connectivity index (χ1n) is 8.84. The number of aromatic nitrogens is 1. The number of carbonyl (C=O) groups excluding carboxylic acids is 1. The van der Waals surface area contributed by atoms with Crippen LogP contribution in [-0.2, 0) is 11.2 Å². The number of nitrogens with one attached hydrogen (secondary N) is 1. The van der Waals surface area contributed by atoms with Crippen LogP contribution in [0.2, 0.25) is 5.02 Å². The number of hydrogen-bond acceptors (Lipinski definition) is 6. The fraction of sp³-hybridized carbons (Fsp3) is 0.238. The van der Waals surface area contributed by atoms with Crippen LogP contribution in [0.3, 0.4) is 0 Å². The number of amides is 1. The van der Waals surface area contributed by atoms with E-state index in [1.54, 1.807) is 26.4 Å². The van der Waals surface area contributed by atoms with Crippen LogP contribution in [0.5, 0.6) is 11.5 Å². The largest absolute Gasteiger partial charge is 0.493 e. The van der Waals surface area contributed by atoms with Crippen molar-refractivity contribution in [2.75, 3.05) is 38.5 Å². The van der Waals surface area contributed by atoms with E-state index in [0.29, 0.717) is 27.9 Å². The summed E-state index contributed by atoms with van der Waals surface area (Å²) in [6, 6.07) is 11.0. The van der Waals surface area contributed by atoms with Crippen molar-refractivity contribution in [1.82, 2.24) is 4.98 Å². The molecule has 8 heteroatoms. The molecular weight excluding hydrogens is 410 g/mol. The standard InChI is InChI=1S/C21H22ClN3O3S/c1-25(2)17-7-6-14(22)10-16(17)24-20(26)11-15-12-29-21(23-15)13-5-8-18(27-3)19(9-13)28-4/h5-10,12H,11H2,1-4H3,(H,24,26). The third kappa shape index (κ3) is 4.99. The SMILES string of the molecule is COc1ccc(-c2nc(CC(=O)Nc3cc(Cl)ccc3N(C)C)cs2)cc1OC. The Hall–Kier alpha value is -2.77. The first-order chi connectivity index (χ1) is 13.9. The van der Waals surface area contributed by atoms with Gasteiger partial charge in [-0.3, -0.25) is 4.79 Å². The van der Waals surface area contributed by atoms with Crippen LogP contribution in [0.15, 0.2) is 41.8 Å².